The van der Waals surface area contributed by atoms with Crippen LogP contribution < -0.4 is 0 Å². The minimum atomic E-state index is 0.472. The monoisotopic (exact) mass is 163 g/mol. The van der Waals surface area contributed by atoms with Gasteiger partial charge in [0.2, 0.25) is 0 Å². The lowest BCUT2D eigenvalue weighted by atomic mass is 10.2. The second-order valence-electron chi connectivity index (χ2n) is 2.90. The molecular formula is C9H13N3. The molecule has 2 N–H and O–H groups in total. The minimum absolute atomic E-state index is 0.472. The third-order valence-electron chi connectivity index (χ3n) is 1.59. The number of hydrogen-bond donors (Lipinski definition) is 2. The zero-order chi connectivity index (χ0) is 8.97. The molecule has 0 aliphatic heterocycles. The Bertz CT molecular complexity index is 284. The molecule has 0 spiro atoms. The van der Waals surface area contributed by atoms with Crippen LogP contribution in [0.5, 0.6) is 0 Å². The summed E-state index contributed by atoms with van der Waals surface area (Å²) in [7, 11) is 0. The maximum Gasteiger partial charge on any atom is 0.130 e. The lowest BCUT2D eigenvalue weighted by molar-refractivity contribution is 0.831. The molecule has 12 heavy (non-hydrogen) atoms. The normalized spacial score (nSPS) is 11.2. The van der Waals surface area contributed by atoms with E-state index in [-0.39, 0.29) is 0 Å². The quantitative estimate of drug-likeness (QED) is 0.659. The first kappa shape index (κ1) is 8.71. The minimum Gasteiger partial charge on any atom is -0.342 e. The van der Waals surface area contributed by atoms with E-state index in [4.69, 9.17) is 5.41 Å². The van der Waals surface area contributed by atoms with Gasteiger partial charge in [0.05, 0.1) is 0 Å². The summed E-state index contributed by atoms with van der Waals surface area (Å²) in [6.45, 7) is 4.22. The van der Waals surface area contributed by atoms with Crippen molar-refractivity contribution in [2.75, 3.05) is 0 Å². The zero-order valence-electron chi connectivity index (χ0n) is 7.33. The molecule has 0 bridgehead atoms. The third kappa shape index (κ3) is 2.05. The number of nitrogens with zero attached hydrogens (tertiary/aromatic N) is 1. The standard InChI is InChI=1S/C9H13N3/c1-7(2)8-6-11-9(12-8)4-3-5-10/h3-7,10H,1-2H3,(H,11,12)/b4-3-,10-5?. The van der Waals surface area contributed by atoms with Gasteiger partial charge in [0.15, 0.2) is 0 Å². The smallest absolute Gasteiger partial charge is 0.130 e. The van der Waals surface area contributed by atoms with Gasteiger partial charge >= 0.3 is 0 Å². The molecule has 1 rings (SSSR count). The molecule has 0 radical (unpaired) electrons. The highest BCUT2D eigenvalue weighted by atomic mass is 14.9. The molecule has 1 aromatic rings. The van der Waals surface area contributed by atoms with E-state index < -0.39 is 0 Å². The molecule has 0 unspecified atom stereocenters. The molecule has 0 fully saturated rings. The van der Waals surface area contributed by atoms with Crippen LogP contribution >= 0.6 is 0 Å². The van der Waals surface area contributed by atoms with Crippen LogP contribution in [0.4, 0.5) is 0 Å². The average Bonchev–Trinajstić information content (AvgIpc) is 2.48. The number of imidazole rings is 1. The van der Waals surface area contributed by atoms with E-state index in [0.29, 0.717) is 5.92 Å². The van der Waals surface area contributed by atoms with E-state index in [1.807, 2.05) is 6.20 Å². The summed E-state index contributed by atoms with van der Waals surface area (Å²) < 4.78 is 0. The topological polar surface area (TPSA) is 52.5 Å². The lowest BCUT2D eigenvalue weighted by Gasteiger charge is -1.96. The number of hydrogen-bond acceptors (Lipinski definition) is 2. The summed E-state index contributed by atoms with van der Waals surface area (Å²) in [6, 6.07) is 0. The highest BCUT2D eigenvalue weighted by Gasteiger charge is 2.00. The first-order valence-corrected chi connectivity index (χ1v) is 3.96. The highest BCUT2D eigenvalue weighted by Crippen LogP contribution is 2.10. The van der Waals surface area contributed by atoms with Gasteiger partial charge in [-0.2, -0.15) is 0 Å². The van der Waals surface area contributed by atoms with Crippen LogP contribution in [0.25, 0.3) is 6.08 Å². The number of nitrogens with one attached hydrogen (secondary N) is 2. The van der Waals surface area contributed by atoms with Crippen molar-refractivity contribution in [3.8, 4) is 0 Å². The molecule has 0 aliphatic carbocycles. The van der Waals surface area contributed by atoms with E-state index in [0.717, 1.165) is 11.5 Å². The van der Waals surface area contributed by atoms with Gasteiger partial charge in [-0.25, -0.2) is 4.98 Å². The SMILES string of the molecule is CC(C)c1cnc(/C=C\C=N)[nH]1. The summed E-state index contributed by atoms with van der Waals surface area (Å²) in [5.74, 6) is 1.28. The molecule has 64 valence electrons. The summed E-state index contributed by atoms with van der Waals surface area (Å²) >= 11 is 0. The van der Waals surface area contributed by atoms with Crippen LogP contribution in [0, 0.1) is 5.41 Å². The van der Waals surface area contributed by atoms with E-state index in [1.54, 1.807) is 12.2 Å². The molecule has 0 saturated carbocycles. The predicted octanol–water partition coefficient (Wildman–Crippen LogP) is 2.20. The Morgan fingerprint density at radius 3 is 2.83 bits per heavy atom. The Morgan fingerprint density at radius 1 is 1.58 bits per heavy atom. The van der Waals surface area contributed by atoms with Gasteiger partial charge in [0, 0.05) is 18.1 Å². The fourth-order valence-electron chi connectivity index (χ4n) is 0.869. The summed E-state index contributed by atoms with van der Waals surface area (Å²) in [6.07, 6.45) is 6.48. The largest absolute Gasteiger partial charge is 0.342 e. The molecule has 3 nitrogen and oxygen atoms in total. The molecule has 0 amide bonds. The van der Waals surface area contributed by atoms with Gasteiger partial charge in [0.1, 0.15) is 5.82 Å². The zero-order valence-corrected chi connectivity index (χ0v) is 7.33. The maximum absolute atomic E-state index is 6.79. The number of H-pyrrole nitrogens is 1. The number of aromatic nitrogens is 2. The van der Waals surface area contributed by atoms with Crippen molar-refractivity contribution in [3.05, 3.63) is 23.8 Å². The molecule has 1 aromatic heterocycles. The van der Waals surface area contributed by atoms with Crippen LogP contribution in [0.15, 0.2) is 12.3 Å². The van der Waals surface area contributed by atoms with Gasteiger partial charge in [-0.3, -0.25) is 0 Å². The molecule has 3 heteroatoms. The number of rotatable bonds is 3. The van der Waals surface area contributed by atoms with Crippen LogP contribution in [0.2, 0.25) is 0 Å². The maximum atomic E-state index is 6.79. The Balaban J connectivity index is 2.77. The molecule has 1 heterocycles. The van der Waals surface area contributed by atoms with Crippen molar-refractivity contribution in [1.82, 2.24) is 9.97 Å². The fourth-order valence-corrected chi connectivity index (χ4v) is 0.869. The van der Waals surface area contributed by atoms with Crippen LogP contribution in [0.1, 0.15) is 31.3 Å². The van der Waals surface area contributed by atoms with Crippen molar-refractivity contribution in [2.24, 2.45) is 0 Å². The number of aromatic amines is 1. The Hall–Kier alpha value is -1.38. The molecule has 0 atom stereocenters. The first-order valence-electron chi connectivity index (χ1n) is 3.96. The average molecular weight is 163 g/mol. The van der Waals surface area contributed by atoms with E-state index in [1.165, 1.54) is 6.21 Å². The van der Waals surface area contributed by atoms with Gasteiger partial charge in [0.25, 0.3) is 0 Å². The third-order valence-corrected chi connectivity index (χ3v) is 1.59. The second-order valence-corrected chi connectivity index (χ2v) is 2.90. The van der Waals surface area contributed by atoms with Crippen molar-refractivity contribution in [1.29, 1.82) is 5.41 Å². The fraction of sp³-hybridized carbons (Fsp3) is 0.333. The van der Waals surface area contributed by atoms with Crippen LogP contribution in [0.3, 0.4) is 0 Å². The van der Waals surface area contributed by atoms with Crippen molar-refractivity contribution < 1.29 is 0 Å². The predicted molar refractivity (Wildman–Crippen MR) is 50.5 cm³/mol. The summed E-state index contributed by atoms with van der Waals surface area (Å²) in [4.78, 5) is 7.28. The van der Waals surface area contributed by atoms with Crippen LogP contribution in [-0.2, 0) is 0 Å². The summed E-state index contributed by atoms with van der Waals surface area (Å²) in [5, 5.41) is 6.79. The van der Waals surface area contributed by atoms with Crippen molar-refractivity contribution in [2.45, 2.75) is 19.8 Å². The Morgan fingerprint density at radius 2 is 2.33 bits per heavy atom. The van der Waals surface area contributed by atoms with Crippen molar-refractivity contribution in [3.63, 3.8) is 0 Å². The van der Waals surface area contributed by atoms with Gasteiger partial charge in [-0.1, -0.05) is 13.8 Å². The van der Waals surface area contributed by atoms with Crippen LogP contribution in [-0.4, -0.2) is 16.2 Å². The van der Waals surface area contributed by atoms with E-state index in [9.17, 15) is 0 Å². The lowest BCUT2D eigenvalue weighted by Crippen LogP contribution is -1.85. The molecular weight excluding hydrogens is 150 g/mol. The molecule has 0 saturated heterocycles. The van der Waals surface area contributed by atoms with E-state index >= 15 is 0 Å². The van der Waals surface area contributed by atoms with E-state index in [2.05, 4.69) is 23.8 Å². The van der Waals surface area contributed by atoms with Gasteiger partial charge in [-0.05, 0) is 18.1 Å². The molecule has 0 aromatic carbocycles. The second kappa shape index (κ2) is 3.85. The van der Waals surface area contributed by atoms with Crippen molar-refractivity contribution >= 4 is 12.3 Å². The summed E-state index contributed by atoms with van der Waals surface area (Å²) in [5.41, 5.74) is 1.12. The number of allylic oxidation sites excluding steroid dienone is 1. The molecule has 0 aliphatic rings. The highest BCUT2D eigenvalue weighted by molar-refractivity contribution is 5.74. The first-order chi connectivity index (χ1) is 5.74. The van der Waals surface area contributed by atoms with Gasteiger partial charge in [-0.15, -0.1) is 0 Å². The Kier molecular flexibility index (Phi) is 2.80. The Labute approximate surface area is 72.0 Å². The van der Waals surface area contributed by atoms with Gasteiger partial charge < -0.3 is 10.4 Å².